The minimum Gasteiger partial charge on any atom is -0.508 e. The first-order chi connectivity index (χ1) is 9.36. The molecule has 3 heteroatoms. The van der Waals surface area contributed by atoms with Gasteiger partial charge in [-0.15, -0.1) is 0 Å². The number of carbonyl (C=O) groups is 1. The molecule has 1 aromatic rings. The summed E-state index contributed by atoms with van der Waals surface area (Å²) in [7, 11) is 0. The normalized spacial score (nSPS) is 20.2. The molecule has 110 valence electrons. The van der Waals surface area contributed by atoms with Gasteiger partial charge in [-0.2, -0.15) is 0 Å². The summed E-state index contributed by atoms with van der Waals surface area (Å²) in [6.45, 7) is 5.77. The molecule has 3 nitrogen and oxygen atoms in total. The third-order valence-electron chi connectivity index (χ3n) is 4.94. The molecule has 0 bridgehead atoms. The number of phenols is 1. The number of hydrogen-bond donors (Lipinski definition) is 2. The average Bonchev–Trinajstić information content (AvgIpc) is 2.39. The van der Waals surface area contributed by atoms with Crippen molar-refractivity contribution in [2.75, 3.05) is 0 Å². The van der Waals surface area contributed by atoms with Crippen molar-refractivity contribution in [3.63, 3.8) is 0 Å². The topological polar surface area (TPSA) is 57.5 Å². The van der Waals surface area contributed by atoms with Crippen molar-refractivity contribution in [1.82, 2.24) is 0 Å². The van der Waals surface area contributed by atoms with Gasteiger partial charge in [0.1, 0.15) is 5.75 Å². The molecule has 0 spiro atoms. The summed E-state index contributed by atoms with van der Waals surface area (Å²) in [5.74, 6) is 0.200. The minimum absolute atomic E-state index is 0.182. The number of rotatable bonds is 4. The molecular weight excluding hydrogens is 252 g/mol. The molecule has 1 aromatic carbocycles. The lowest BCUT2D eigenvalue weighted by molar-refractivity contribution is -0.151. The second kappa shape index (κ2) is 5.47. The van der Waals surface area contributed by atoms with Gasteiger partial charge in [0.25, 0.3) is 0 Å². The van der Waals surface area contributed by atoms with E-state index in [2.05, 4.69) is 6.92 Å². The monoisotopic (exact) mass is 276 g/mol. The van der Waals surface area contributed by atoms with Crippen LogP contribution >= 0.6 is 0 Å². The van der Waals surface area contributed by atoms with Gasteiger partial charge in [0.05, 0.1) is 5.41 Å². The molecule has 0 fully saturated rings. The van der Waals surface area contributed by atoms with Gasteiger partial charge in [-0.3, -0.25) is 4.79 Å². The lowest BCUT2D eigenvalue weighted by Crippen LogP contribution is -2.39. The maximum absolute atomic E-state index is 11.5. The SMILES string of the molecule is CC[C@@H]([C@H]1CCc2cc(O)ccc2C1)C(C)(C)C(=O)O. The smallest absolute Gasteiger partial charge is 0.309 e. The van der Waals surface area contributed by atoms with Crippen LogP contribution in [0.25, 0.3) is 0 Å². The number of fused-ring (bicyclic) bond motifs is 1. The first kappa shape index (κ1) is 14.9. The Kier molecular flexibility index (Phi) is 4.07. The standard InChI is InChI=1S/C17H24O3/c1-4-15(17(2,3)16(19)20)13-6-5-12-10-14(18)8-7-11(12)9-13/h7-8,10,13,15,18H,4-6,9H2,1-3H3,(H,19,20)/t13-,15-/m0/s1. The van der Waals surface area contributed by atoms with Crippen LogP contribution < -0.4 is 0 Å². The fourth-order valence-electron chi connectivity index (χ4n) is 3.70. The second-order valence-electron chi connectivity index (χ2n) is 6.50. The Balaban J connectivity index is 2.23. The molecular formula is C17H24O3. The summed E-state index contributed by atoms with van der Waals surface area (Å²) in [5, 5.41) is 19.0. The minimum atomic E-state index is -0.708. The largest absolute Gasteiger partial charge is 0.508 e. The van der Waals surface area contributed by atoms with E-state index in [1.165, 1.54) is 11.1 Å². The fraction of sp³-hybridized carbons (Fsp3) is 0.588. The van der Waals surface area contributed by atoms with E-state index in [1.807, 2.05) is 26.0 Å². The van der Waals surface area contributed by atoms with E-state index in [1.54, 1.807) is 6.07 Å². The van der Waals surface area contributed by atoms with Gasteiger partial charge >= 0.3 is 5.97 Å². The van der Waals surface area contributed by atoms with E-state index >= 15 is 0 Å². The summed E-state index contributed by atoms with van der Waals surface area (Å²) < 4.78 is 0. The van der Waals surface area contributed by atoms with Crippen LogP contribution in [-0.4, -0.2) is 16.2 Å². The Hall–Kier alpha value is -1.51. The molecule has 0 radical (unpaired) electrons. The van der Waals surface area contributed by atoms with E-state index in [-0.39, 0.29) is 5.92 Å². The summed E-state index contributed by atoms with van der Waals surface area (Å²) in [4.78, 5) is 11.5. The van der Waals surface area contributed by atoms with Crippen LogP contribution in [0.2, 0.25) is 0 Å². The lowest BCUT2D eigenvalue weighted by Gasteiger charge is -2.38. The molecule has 2 rings (SSSR count). The number of aliphatic carboxylic acids is 1. The van der Waals surface area contributed by atoms with E-state index in [0.29, 0.717) is 11.7 Å². The predicted octanol–water partition coefficient (Wildman–Crippen LogP) is 3.63. The average molecular weight is 276 g/mol. The Bertz CT molecular complexity index is 505. The van der Waals surface area contributed by atoms with Crippen LogP contribution in [0.3, 0.4) is 0 Å². The Labute approximate surface area is 120 Å². The molecule has 0 amide bonds. The quantitative estimate of drug-likeness (QED) is 0.882. The Morgan fingerprint density at radius 1 is 1.40 bits per heavy atom. The number of aryl methyl sites for hydroxylation is 1. The van der Waals surface area contributed by atoms with Gasteiger partial charge in [-0.25, -0.2) is 0 Å². The van der Waals surface area contributed by atoms with Gasteiger partial charge < -0.3 is 10.2 Å². The van der Waals surface area contributed by atoms with Gasteiger partial charge in [-0.05, 0) is 68.2 Å². The van der Waals surface area contributed by atoms with Crippen LogP contribution in [0.5, 0.6) is 5.75 Å². The van der Waals surface area contributed by atoms with Crippen LogP contribution in [0.1, 0.15) is 44.7 Å². The van der Waals surface area contributed by atoms with E-state index in [0.717, 1.165) is 25.7 Å². The molecule has 1 aliphatic rings. The third kappa shape index (κ3) is 2.67. The summed E-state index contributed by atoms with van der Waals surface area (Å²) in [6, 6.07) is 5.55. The molecule has 20 heavy (non-hydrogen) atoms. The number of carboxylic acids is 1. The fourth-order valence-corrected chi connectivity index (χ4v) is 3.70. The summed E-state index contributed by atoms with van der Waals surface area (Å²) in [5.41, 5.74) is 1.79. The number of benzene rings is 1. The molecule has 2 atom stereocenters. The zero-order chi connectivity index (χ0) is 14.9. The third-order valence-corrected chi connectivity index (χ3v) is 4.94. The molecule has 1 aliphatic carbocycles. The van der Waals surface area contributed by atoms with Crippen molar-refractivity contribution in [3.8, 4) is 5.75 Å². The van der Waals surface area contributed by atoms with Crippen molar-refractivity contribution in [1.29, 1.82) is 0 Å². The first-order valence-electron chi connectivity index (χ1n) is 7.40. The van der Waals surface area contributed by atoms with Gasteiger partial charge in [0, 0.05) is 0 Å². The maximum atomic E-state index is 11.5. The van der Waals surface area contributed by atoms with Crippen LogP contribution in [0, 0.1) is 17.3 Å². The van der Waals surface area contributed by atoms with Crippen LogP contribution in [-0.2, 0) is 17.6 Å². The zero-order valence-electron chi connectivity index (χ0n) is 12.5. The van der Waals surface area contributed by atoms with Crippen molar-refractivity contribution in [3.05, 3.63) is 29.3 Å². The number of hydrogen-bond acceptors (Lipinski definition) is 2. The van der Waals surface area contributed by atoms with Gasteiger partial charge in [0.15, 0.2) is 0 Å². The first-order valence-corrected chi connectivity index (χ1v) is 7.40. The van der Waals surface area contributed by atoms with E-state index < -0.39 is 11.4 Å². The molecule has 0 aliphatic heterocycles. The van der Waals surface area contributed by atoms with Crippen molar-refractivity contribution in [2.24, 2.45) is 17.3 Å². The molecule has 0 aromatic heterocycles. The molecule has 0 unspecified atom stereocenters. The van der Waals surface area contributed by atoms with E-state index in [9.17, 15) is 15.0 Å². The van der Waals surface area contributed by atoms with Crippen molar-refractivity contribution >= 4 is 5.97 Å². The summed E-state index contributed by atoms with van der Waals surface area (Å²) >= 11 is 0. The van der Waals surface area contributed by atoms with Gasteiger partial charge in [-0.1, -0.05) is 19.4 Å². The highest BCUT2D eigenvalue weighted by atomic mass is 16.4. The highest BCUT2D eigenvalue weighted by Gasteiger charge is 2.41. The number of aromatic hydroxyl groups is 1. The summed E-state index contributed by atoms with van der Waals surface area (Å²) in [6.07, 6.45) is 3.74. The van der Waals surface area contributed by atoms with Crippen molar-refractivity contribution < 1.29 is 15.0 Å². The maximum Gasteiger partial charge on any atom is 0.309 e. The van der Waals surface area contributed by atoms with E-state index in [4.69, 9.17) is 0 Å². The highest BCUT2D eigenvalue weighted by Crippen LogP contribution is 2.42. The van der Waals surface area contributed by atoms with Crippen LogP contribution in [0.15, 0.2) is 18.2 Å². The zero-order valence-corrected chi connectivity index (χ0v) is 12.5. The Morgan fingerprint density at radius 2 is 2.10 bits per heavy atom. The molecule has 0 heterocycles. The molecule has 0 saturated carbocycles. The second-order valence-corrected chi connectivity index (χ2v) is 6.50. The van der Waals surface area contributed by atoms with Crippen molar-refractivity contribution in [2.45, 2.75) is 46.5 Å². The Morgan fingerprint density at radius 3 is 2.70 bits per heavy atom. The predicted molar refractivity (Wildman–Crippen MR) is 78.8 cm³/mol. The molecule has 0 saturated heterocycles. The molecule has 2 N–H and O–H groups in total. The lowest BCUT2D eigenvalue weighted by atomic mass is 9.65. The number of carboxylic acid groups (broad SMARTS) is 1. The number of phenolic OH excluding ortho intramolecular Hbond substituents is 1. The van der Waals surface area contributed by atoms with Gasteiger partial charge in [0.2, 0.25) is 0 Å². The van der Waals surface area contributed by atoms with Crippen LogP contribution in [0.4, 0.5) is 0 Å². The highest BCUT2D eigenvalue weighted by molar-refractivity contribution is 5.74.